The maximum atomic E-state index is 12.6. The summed E-state index contributed by atoms with van der Waals surface area (Å²) in [5.74, 6) is -0.732. The Balaban J connectivity index is 1.59. The molecule has 0 aliphatic carbocycles. The summed E-state index contributed by atoms with van der Waals surface area (Å²) in [6.07, 6.45) is 12.4. The third kappa shape index (κ3) is 5.97. The van der Waals surface area contributed by atoms with Gasteiger partial charge in [-0.15, -0.1) is 0 Å². The summed E-state index contributed by atoms with van der Waals surface area (Å²) in [4.78, 5) is 26.8. The zero-order chi connectivity index (χ0) is 28.9. The van der Waals surface area contributed by atoms with Crippen molar-refractivity contribution in [2.75, 3.05) is 20.2 Å². The van der Waals surface area contributed by atoms with Crippen molar-refractivity contribution in [1.29, 1.82) is 0 Å². The van der Waals surface area contributed by atoms with Crippen molar-refractivity contribution >= 4 is 28.9 Å². The van der Waals surface area contributed by atoms with Crippen LogP contribution in [0.15, 0.2) is 60.3 Å². The fourth-order valence-corrected chi connectivity index (χ4v) is 6.55. The number of amides is 1. The zero-order valence-corrected chi connectivity index (χ0v) is 24.6. The van der Waals surface area contributed by atoms with Crippen LogP contribution in [-0.2, 0) is 22.5 Å². The van der Waals surface area contributed by atoms with Crippen molar-refractivity contribution in [2.24, 2.45) is 11.7 Å². The highest BCUT2D eigenvalue weighted by Crippen LogP contribution is 2.41. The van der Waals surface area contributed by atoms with Crippen LogP contribution in [0.1, 0.15) is 79.8 Å². The van der Waals surface area contributed by atoms with Gasteiger partial charge in [-0.25, -0.2) is 4.79 Å². The Morgan fingerprint density at radius 2 is 1.85 bits per heavy atom. The Labute approximate surface area is 243 Å². The van der Waals surface area contributed by atoms with Crippen LogP contribution in [0.4, 0.5) is 0 Å². The number of aromatic nitrogens is 1. The summed E-state index contributed by atoms with van der Waals surface area (Å²) in [6, 6.07) is 14.5. The number of fused-ring (bicyclic) bond motifs is 5. The Morgan fingerprint density at radius 3 is 2.63 bits per heavy atom. The number of methoxy groups -OCH3 is 1. The summed E-state index contributed by atoms with van der Waals surface area (Å²) in [5, 5.41) is 1.19. The van der Waals surface area contributed by atoms with Gasteiger partial charge in [0.25, 0.3) is 0 Å². The van der Waals surface area contributed by atoms with Gasteiger partial charge in [0.2, 0.25) is 5.91 Å². The standard InChI is InChI=1S/C35H43N3O3/c1-4-5-6-7-8-9-16-31-30-18-17-26(35(40)41-3)21-32(30)38-23-28(20-25-13-10-11-15-29(25)33(31)38)24(2)37-19-12-14-27(22-37)34(36)39/h10-11,13,15,17-18,20-21,27H,2,4-9,12,14,16,19,22-23H2,1,3H3,(H2,36,39). The molecule has 6 nitrogen and oxygen atoms in total. The third-order valence-electron chi connectivity index (χ3n) is 8.82. The number of carbonyl (C=O) groups excluding carboxylic acids is 2. The quantitative estimate of drug-likeness (QED) is 0.203. The normalized spacial score (nSPS) is 16.5. The lowest BCUT2D eigenvalue weighted by atomic mass is 9.94. The van der Waals surface area contributed by atoms with Crippen LogP contribution in [0.2, 0.25) is 0 Å². The van der Waals surface area contributed by atoms with Crippen molar-refractivity contribution in [3.63, 3.8) is 0 Å². The van der Waals surface area contributed by atoms with Crippen molar-refractivity contribution in [2.45, 2.75) is 71.3 Å². The van der Waals surface area contributed by atoms with Crippen molar-refractivity contribution in [3.05, 3.63) is 77.0 Å². The Bertz CT molecular complexity index is 1480. The summed E-state index contributed by atoms with van der Waals surface area (Å²) >= 11 is 0. The van der Waals surface area contributed by atoms with E-state index in [1.165, 1.54) is 61.4 Å². The number of rotatable bonds is 11. The number of aryl methyl sites for hydroxylation is 1. The number of benzene rings is 2. The second kappa shape index (κ2) is 12.8. The molecule has 1 amide bonds. The second-order valence-electron chi connectivity index (χ2n) is 11.5. The highest BCUT2D eigenvalue weighted by molar-refractivity contribution is 5.99. The molecule has 0 radical (unpaired) electrons. The van der Waals surface area contributed by atoms with E-state index < -0.39 is 0 Å². The molecule has 6 heteroatoms. The predicted molar refractivity (Wildman–Crippen MR) is 166 cm³/mol. The third-order valence-corrected chi connectivity index (χ3v) is 8.82. The molecule has 1 atom stereocenters. The molecule has 0 saturated carbocycles. The molecule has 0 bridgehead atoms. The van der Waals surface area contributed by atoms with E-state index in [0.717, 1.165) is 54.6 Å². The van der Waals surface area contributed by atoms with Crippen LogP contribution in [0.5, 0.6) is 0 Å². The van der Waals surface area contributed by atoms with Gasteiger partial charge in [0.1, 0.15) is 0 Å². The van der Waals surface area contributed by atoms with Crippen LogP contribution in [-0.4, -0.2) is 41.5 Å². The van der Waals surface area contributed by atoms with E-state index in [1.807, 2.05) is 12.1 Å². The smallest absolute Gasteiger partial charge is 0.337 e. The maximum absolute atomic E-state index is 12.6. The largest absolute Gasteiger partial charge is 0.465 e. The molecular weight excluding hydrogens is 510 g/mol. The molecule has 0 spiro atoms. The fourth-order valence-electron chi connectivity index (χ4n) is 6.55. The van der Waals surface area contributed by atoms with E-state index >= 15 is 0 Å². The number of carbonyl (C=O) groups is 2. The molecule has 2 aromatic carbocycles. The van der Waals surface area contributed by atoms with Gasteiger partial charge in [-0.2, -0.15) is 0 Å². The average molecular weight is 554 g/mol. The molecule has 3 heterocycles. The molecule has 41 heavy (non-hydrogen) atoms. The van der Waals surface area contributed by atoms with Gasteiger partial charge >= 0.3 is 5.97 Å². The molecule has 216 valence electrons. The molecular formula is C35H43N3O3. The van der Waals surface area contributed by atoms with Crippen LogP contribution >= 0.6 is 0 Å². The monoisotopic (exact) mass is 553 g/mol. The Morgan fingerprint density at radius 1 is 1.07 bits per heavy atom. The van der Waals surface area contributed by atoms with Gasteiger partial charge in [0, 0.05) is 35.3 Å². The predicted octanol–water partition coefficient (Wildman–Crippen LogP) is 7.11. The van der Waals surface area contributed by atoms with Gasteiger partial charge < -0.3 is 19.9 Å². The average Bonchev–Trinajstić information content (AvgIpc) is 3.18. The molecule has 1 saturated heterocycles. The number of hydrogen-bond acceptors (Lipinski definition) is 4. The van der Waals surface area contributed by atoms with E-state index in [1.54, 1.807) is 0 Å². The Hall–Kier alpha value is -3.80. The first-order valence-corrected chi connectivity index (χ1v) is 15.2. The van der Waals surface area contributed by atoms with Crippen LogP contribution in [0.3, 0.4) is 0 Å². The number of ether oxygens (including phenoxy) is 1. The van der Waals surface area contributed by atoms with Crippen molar-refractivity contribution in [3.8, 4) is 11.3 Å². The number of nitrogens with zero attached hydrogens (tertiary/aromatic N) is 2. The van der Waals surface area contributed by atoms with Crippen molar-refractivity contribution in [1.82, 2.24) is 9.47 Å². The first kappa shape index (κ1) is 28.7. The number of nitrogens with two attached hydrogens (primary N) is 1. The molecule has 3 aromatic rings. The molecule has 1 fully saturated rings. The lowest BCUT2D eigenvalue weighted by Crippen LogP contribution is -2.40. The first-order chi connectivity index (χ1) is 19.9. The van der Waals surface area contributed by atoms with E-state index in [4.69, 9.17) is 10.5 Å². The van der Waals surface area contributed by atoms with Crippen molar-refractivity contribution < 1.29 is 14.3 Å². The molecule has 2 N–H and O–H groups in total. The summed E-state index contributed by atoms with van der Waals surface area (Å²) in [6.45, 7) is 8.86. The number of primary amides is 1. The second-order valence-corrected chi connectivity index (χ2v) is 11.5. The van der Waals surface area contributed by atoms with E-state index in [2.05, 4.69) is 59.4 Å². The van der Waals surface area contributed by atoms with Crippen LogP contribution < -0.4 is 5.73 Å². The van der Waals surface area contributed by atoms with E-state index in [0.29, 0.717) is 18.7 Å². The van der Waals surface area contributed by atoms with Gasteiger partial charge in [-0.3, -0.25) is 4.79 Å². The SMILES string of the molecule is C=C(C1=Cc2ccccc2-c2c(CCCCCCCC)c3ccc(C(=O)OC)cc3n2C1)N1CCCC(C(N)=O)C1. The minimum absolute atomic E-state index is 0.159. The summed E-state index contributed by atoms with van der Waals surface area (Å²) < 4.78 is 7.45. The van der Waals surface area contributed by atoms with Crippen LogP contribution in [0.25, 0.3) is 28.2 Å². The molecule has 2 aliphatic heterocycles. The molecule has 1 aromatic heterocycles. The summed E-state index contributed by atoms with van der Waals surface area (Å²) in [7, 11) is 1.42. The highest BCUT2D eigenvalue weighted by atomic mass is 16.5. The van der Waals surface area contributed by atoms with E-state index in [-0.39, 0.29) is 17.8 Å². The highest BCUT2D eigenvalue weighted by Gasteiger charge is 2.29. The number of likely N-dealkylation sites (tertiary alicyclic amines) is 1. The number of esters is 1. The van der Waals surface area contributed by atoms with Gasteiger partial charge in [-0.1, -0.05) is 75.9 Å². The lowest BCUT2D eigenvalue weighted by molar-refractivity contribution is -0.123. The summed E-state index contributed by atoms with van der Waals surface area (Å²) in [5.41, 5.74) is 14.2. The molecule has 2 aliphatic rings. The van der Waals surface area contributed by atoms with Gasteiger partial charge in [0.05, 0.1) is 30.8 Å². The number of unbranched alkanes of at least 4 members (excludes halogenated alkanes) is 5. The van der Waals surface area contributed by atoms with Gasteiger partial charge in [-0.05, 0) is 60.6 Å². The lowest BCUT2D eigenvalue weighted by Gasteiger charge is -2.35. The minimum Gasteiger partial charge on any atom is -0.465 e. The minimum atomic E-state index is -0.333. The number of allylic oxidation sites excluding steroid dienone is 1. The number of piperidine rings is 1. The topological polar surface area (TPSA) is 77.6 Å². The number of hydrogen-bond donors (Lipinski definition) is 1. The first-order valence-electron chi connectivity index (χ1n) is 15.2. The molecule has 1 unspecified atom stereocenters. The Kier molecular flexibility index (Phi) is 8.96. The molecule has 5 rings (SSSR count). The van der Waals surface area contributed by atoms with Gasteiger partial charge in [0.15, 0.2) is 0 Å². The maximum Gasteiger partial charge on any atom is 0.337 e. The zero-order valence-electron chi connectivity index (χ0n) is 24.6. The fraction of sp³-hybridized carbons (Fsp3) is 0.429. The van der Waals surface area contributed by atoms with Crippen LogP contribution in [0, 0.1) is 5.92 Å². The van der Waals surface area contributed by atoms with E-state index in [9.17, 15) is 9.59 Å².